The molecule has 146 valence electrons. The van der Waals surface area contributed by atoms with Crippen molar-refractivity contribution in [3.8, 4) is 0 Å². The Balaban J connectivity index is 1.36. The summed E-state index contributed by atoms with van der Waals surface area (Å²) in [5.41, 5.74) is 0.507. The van der Waals surface area contributed by atoms with Gasteiger partial charge in [-0.25, -0.2) is 0 Å². The van der Waals surface area contributed by atoms with Crippen LogP contribution in [0.5, 0.6) is 0 Å². The van der Waals surface area contributed by atoms with Crippen molar-refractivity contribution in [1.29, 1.82) is 0 Å². The molecule has 0 aromatic rings. The number of piperidine rings is 2. The average Bonchev–Trinajstić information content (AvgIpc) is 2.49. The summed E-state index contributed by atoms with van der Waals surface area (Å²) in [5.74, 6) is 0.915. The van der Waals surface area contributed by atoms with Gasteiger partial charge in [-0.3, -0.25) is 0 Å². The van der Waals surface area contributed by atoms with E-state index in [1.54, 1.807) is 0 Å². The Morgan fingerprint density at radius 3 is 1.64 bits per heavy atom. The van der Waals surface area contributed by atoms with Crippen molar-refractivity contribution in [2.75, 3.05) is 26.2 Å². The Kier molecular flexibility index (Phi) is 5.88. The largest absolute Gasteiger partial charge is 0.373 e. The van der Waals surface area contributed by atoms with Crippen LogP contribution >= 0.6 is 0 Å². The van der Waals surface area contributed by atoms with Gasteiger partial charge in [-0.1, -0.05) is 20.8 Å². The van der Waals surface area contributed by atoms with Crippen molar-refractivity contribution in [1.82, 2.24) is 9.80 Å². The second kappa shape index (κ2) is 7.48. The lowest BCUT2D eigenvalue weighted by atomic mass is 9.75. The minimum Gasteiger partial charge on any atom is -0.373 e. The second-order valence-corrected chi connectivity index (χ2v) is 10.9. The van der Waals surface area contributed by atoms with E-state index in [2.05, 4.69) is 51.3 Å². The highest BCUT2D eigenvalue weighted by molar-refractivity contribution is 4.93. The molecule has 3 aliphatic rings. The van der Waals surface area contributed by atoms with Crippen molar-refractivity contribution >= 4 is 0 Å². The molecule has 0 bridgehead atoms. The number of nitrogens with zero attached hydrogens (tertiary/aromatic N) is 2. The maximum atomic E-state index is 6.11. The van der Waals surface area contributed by atoms with Crippen LogP contribution in [0.2, 0.25) is 0 Å². The van der Waals surface area contributed by atoms with Gasteiger partial charge in [0, 0.05) is 12.1 Å². The zero-order chi connectivity index (χ0) is 18.2. The SMILES string of the molecule is CC(C)(C)OC1CC(N2CCC(N3CCC(C(C)(C)C)CC3)CC2)C1. The Hall–Kier alpha value is -0.120. The first-order chi connectivity index (χ1) is 11.6. The fourth-order valence-electron chi connectivity index (χ4n) is 5.18. The molecule has 0 radical (unpaired) electrons. The first-order valence-corrected chi connectivity index (χ1v) is 10.8. The van der Waals surface area contributed by atoms with Crippen LogP contribution < -0.4 is 0 Å². The molecule has 1 saturated carbocycles. The summed E-state index contributed by atoms with van der Waals surface area (Å²) in [5, 5.41) is 0. The number of rotatable bonds is 3. The van der Waals surface area contributed by atoms with E-state index < -0.39 is 0 Å². The third kappa shape index (κ3) is 5.20. The predicted octanol–water partition coefficient (Wildman–Crippen LogP) is 4.56. The maximum absolute atomic E-state index is 6.11. The van der Waals surface area contributed by atoms with Crippen molar-refractivity contribution < 1.29 is 4.74 Å². The molecule has 0 unspecified atom stereocenters. The van der Waals surface area contributed by atoms with Crippen molar-refractivity contribution in [3.05, 3.63) is 0 Å². The molecular weight excluding hydrogens is 308 g/mol. The third-order valence-electron chi connectivity index (χ3n) is 6.88. The highest BCUT2D eigenvalue weighted by Crippen LogP contribution is 2.37. The van der Waals surface area contributed by atoms with Crippen molar-refractivity contribution in [2.24, 2.45) is 11.3 Å². The molecule has 3 rings (SSSR count). The molecule has 1 aliphatic carbocycles. The lowest BCUT2D eigenvalue weighted by Crippen LogP contribution is -2.55. The van der Waals surface area contributed by atoms with Gasteiger partial charge in [-0.15, -0.1) is 0 Å². The summed E-state index contributed by atoms with van der Waals surface area (Å²) in [6.07, 6.45) is 8.55. The highest BCUT2D eigenvalue weighted by atomic mass is 16.5. The van der Waals surface area contributed by atoms with Gasteiger partial charge in [0.1, 0.15) is 0 Å². The minimum absolute atomic E-state index is 0.0157. The Labute approximate surface area is 156 Å². The Bertz CT molecular complexity index is 414. The van der Waals surface area contributed by atoms with Gasteiger partial charge < -0.3 is 14.5 Å². The third-order valence-corrected chi connectivity index (χ3v) is 6.88. The molecule has 0 amide bonds. The van der Waals surface area contributed by atoms with Gasteiger partial charge in [-0.2, -0.15) is 0 Å². The monoisotopic (exact) mass is 350 g/mol. The summed E-state index contributed by atoms with van der Waals surface area (Å²) < 4.78 is 6.11. The van der Waals surface area contributed by atoms with Crippen LogP contribution in [0.15, 0.2) is 0 Å². The van der Waals surface area contributed by atoms with E-state index >= 15 is 0 Å². The molecule has 0 atom stereocenters. The summed E-state index contributed by atoms with van der Waals surface area (Å²) in [4.78, 5) is 5.56. The molecule has 2 aliphatic heterocycles. The van der Waals surface area contributed by atoms with E-state index in [1.165, 1.54) is 64.7 Å². The normalized spacial score (nSPS) is 31.9. The fraction of sp³-hybridized carbons (Fsp3) is 1.00. The number of likely N-dealkylation sites (tertiary alicyclic amines) is 2. The van der Waals surface area contributed by atoms with E-state index in [0.29, 0.717) is 11.5 Å². The smallest absolute Gasteiger partial charge is 0.0612 e. The number of ether oxygens (including phenoxy) is 1. The summed E-state index contributed by atoms with van der Waals surface area (Å²) in [6, 6.07) is 1.64. The van der Waals surface area contributed by atoms with Crippen LogP contribution in [0, 0.1) is 11.3 Å². The van der Waals surface area contributed by atoms with Gasteiger partial charge in [-0.05, 0) is 96.8 Å². The van der Waals surface area contributed by atoms with E-state index in [4.69, 9.17) is 4.74 Å². The summed E-state index contributed by atoms with van der Waals surface area (Å²) in [7, 11) is 0. The number of hydrogen-bond donors (Lipinski definition) is 0. The van der Waals surface area contributed by atoms with E-state index in [-0.39, 0.29) is 5.60 Å². The van der Waals surface area contributed by atoms with Crippen LogP contribution in [0.3, 0.4) is 0 Å². The average molecular weight is 351 g/mol. The standard InChI is InChI=1S/C22H42N2O/c1-21(2,3)17-7-11-23(12-8-17)18-9-13-24(14-10-18)19-15-20(16-19)25-22(4,5)6/h17-20H,7-16H2,1-6H3. The molecule has 0 aromatic heterocycles. The fourth-order valence-corrected chi connectivity index (χ4v) is 5.18. The number of hydrogen-bond acceptors (Lipinski definition) is 3. The van der Waals surface area contributed by atoms with Gasteiger partial charge in [0.05, 0.1) is 11.7 Å². The molecule has 3 heteroatoms. The van der Waals surface area contributed by atoms with Gasteiger partial charge >= 0.3 is 0 Å². The predicted molar refractivity (Wildman–Crippen MR) is 106 cm³/mol. The summed E-state index contributed by atoms with van der Waals surface area (Å²) in [6.45, 7) is 19.0. The minimum atomic E-state index is 0.0157. The Morgan fingerprint density at radius 1 is 0.680 bits per heavy atom. The molecule has 0 N–H and O–H groups in total. The Morgan fingerprint density at radius 2 is 1.16 bits per heavy atom. The lowest BCUT2D eigenvalue weighted by molar-refractivity contribution is -0.123. The molecule has 2 heterocycles. The van der Waals surface area contributed by atoms with Gasteiger partial charge in [0.25, 0.3) is 0 Å². The topological polar surface area (TPSA) is 15.7 Å². The lowest BCUT2D eigenvalue weighted by Gasteiger charge is -2.49. The first-order valence-electron chi connectivity index (χ1n) is 10.8. The van der Waals surface area contributed by atoms with Gasteiger partial charge in [0.15, 0.2) is 0 Å². The van der Waals surface area contributed by atoms with Crippen LogP contribution in [0.1, 0.15) is 80.1 Å². The van der Waals surface area contributed by atoms with Crippen molar-refractivity contribution in [2.45, 2.75) is 104 Å². The van der Waals surface area contributed by atoms with E-state index in [1.807, 2.05) is 0 Å². The second-order valence-electron chi connectivity index (χ2n) is 10.9. The van der Waals surface area contributed by atoms with Crippen LogP contribution in [-0.2, 0) is 4.74 Å². The summed E-state index contributed by atoms with van der Waals surface area (Å²) >= 11 is 0. The van der Waals surface area contributed by atoms with Crippen LogP contribution in [0.25, 0.3) is 0 Å². The van der Waals surface area contributed by atoms with Gasteiger partial charge in [0.2, 0.25) is 0 Å². The zero-order valence-corrected chi connectivity index (χ0v) is 17.7. The maximum Gasteiger partial charge on any atom is 0.0612 e. The van der Waals surface area contributed by atoms with Crippen LogP contribution in [-0.4, -0.2) is 59.8 Å². The molecule has 25 heavy (non-hydrogen) atoms. The molecule has 0 aromatic carbocycles. The molecule has 3 fully saturated rings. The molecular formula is C22H42N2O. The molecule has 2 saturated heterocycles. The van der Waals surface area contributed by atoms with Crippen LogP contribution in [0.4, 0.5) is 0 Å². The van der Waals surface area contributed by atoms with E-state index in [9.17, 15) is 0 Å². The highest BCUT2D eigenvalue weighted by Gasteiger charge is 2.39. The first kappa shape index (κ1) is 19.6. The van der Waals surface area contributed by atoms with Crippen molar-refractivity contribution in [3.63, 3.8) is 0 Å². The molecule has 3 nitrogen and oxygen atoms in total. The van der Waals surface area contributed by atoms with E-state index in [0.717, 1.165) is 18.0 Å². The molecule has 0 spiro atoms. The zero-order valence-electron chi connectivity index (χ0n) is 17.7. The quantitative estimate of drug-likeness (QED) is 0.742.